The minimum absolute atomic E-state index is 0.0771. The SMILES string of the molecule is CC[C@H](C(=O)N1CCO[C@@H](CN(C)CC(N)=O)C1)N(C)C. The van der Waals surface area contributed by atoms with Crippen LogP contribution >= 0.6 is 0 Å². The Hall–Kier alpha value is -1.18. The molecule has 0 aromatic heterocycles. The van der Waals surface area contributed by atoms with Crippen molar-refractivity contribution >= 4 is 11.8 Å². The Bertz CT molecular complexity index is 362. The molecule has 1 fully saturated rings. The molecule has 2 atom stereocenters. The summed E-state index contributed by atoms with van der Waals surface area (Å²) in [5, 5.41) is 0. The van der Waals surface area contributed by atoms with Crippen LogP contribution < -0.4 is 5.73 Å². The molecule has 7 nitrogen and oxygen atoms in total. The summed E-state index contributed by atoms with van der Waals surface area (Å²) in [5.41, 5.74) is 5.17. The number of nitrogens with zero attached hydrogens (tertiary/aromatic N) is 3. The van der Waals surface area contributed by atoms with Gasteiger partial charge in [-0.05, 0) is 27.6 Å². The number of rotatable bonds is 7. The lowest BCUT2D eigenvalue weighted by Gasteiger charge is -2.37. The van der Waals surface area contributed by atoms with Crippen LogP contribution in [-0.2, 0) is 14.3 Å². The fourth-order valence-electron chi connectivity index (χ4n) is 2.68. The Morgan fingerprint density at radius 1 is 1.38 bits per heavy atom. The lowest BCUT2D eigenvalue weighted by Crippen LogP contribution is -2.54. The highest BCUT2D eigenvalue weighted by Crippen LogP contribution is 2.11. The van der Waals surface area contributed by atoms with Gasteiger partial charge in [0.15, 0.2) is 0 Å². The molecule has 1 heterocycles. The molecule has 7 heteroatoms. The van der Waals surface area contributed by atoms with Gasteiger partial charge in [0.2, 0.25) is 11.8 Å². The molecule has 0 bridgehead atoms. The average Bonchev–Trinajstić information content (AvgIpc) is 2.38. The largest absolute Gasteiger partial charge is 0.373 e. The van der Waals surface area contributed by atoms with Crippen LogP contribution in [0, 0.1) is 0 Å². The normalized spacial score (nSPS) is 20.9. The van der Waals surface area contributed by atoms with Crippen molar-refractivity contribution in [2.75, 3.05) is 53.9 Å². The van der Waals surface area contributed by atoms with Crippen LogP contribution in [-0.4, -0.2) is 92.6 Å². The summed E-state index contributed by atoms with van der Waals surface area (Å²) in [4.78, 5) is 29.1. The number of morpholine rings is 1. The van der Waals surface area contributed by atoms with Crippen molar-refractivity contribution in [3.8, 4) is 0 Å². The van der Waals surface area contributed by atoms with Crippen molar-refractivity contribution < 1.29 is 14.3 Å². The maximum absolute atomic E-state index is 12.5. The van der Waals surface area contributed by atoms with Gasteiger partial charge in [0.1, 0.15) is 0 Å². The molecule has 0 aliphatic carbocycles. The van der Waals surface area contributed by atoms with Gasteiger partial charge in [-0.3, -0.25) is 19.4 Å². The van der Waals surface area contributed by atoms with E-state index in [0.29, 0.717) is 26.2 Å². The van der Waals surface area contributed by atoms with E-state index in [1.165, 1.54) is 0 Å². The lowest BCUT2D eigenvalue weighted by molar-refractivity contribution is -0.144. The summed E-state index contributed by atoms with van der Waals surface area (Å²) >= 11 is 0. The van der Waals surface area contributed by atoms with Gasteiger partial charge in [0.25, 0.3) is 0 Å². The molecule has 21 heavy (non-hydrogen) atoms. The lowest BCUT2D eigenvalue weighted by atomic mass is 10.1. The second-order valence-electron chi connectivity index (χ2n) is 5.83. The topological polar surface area (TPSA) is 79.1 Å². The second kappa shape index (κ2) is 8.31. The Balaban J connectivity index is 2.55. The number of carbonyl (C=O) groups is 2. The number of hydrogen-bond donors (Lipinski definition) is 1. The van der Waals surface area contributed by atoms with Crippen molar-refractivity contribution in [2.45, 2.75) is 25.5 Å². The maximum Gasteiger partial charge on any atom is 0.240 e. The second-order valence-corrected chi connectivity index (χ2v) is 5.83. The van der Waals surface area contributed by atoms with Crippen LogP contribution in [0.5, 0.6) is 0 Å². The van der Waals surface area contributed by atoms with Gasteiger partial charge in [-0.1, -0.05) is 6.92 Å². The predicted octanol–water partition coefficient (Wildman–Crippen LogP) is -1.03. The first kappa shape index (κ1) is 17.9. The first-order valence-corrected chi connectivity index (χ1v) is 7.38. The van der Waals surface area contributed by atoms with Gasteiger partial charge in [-0.15, -0.1) is 0 Å². The number of ether oxygens (including phenoxy) is 1. The zero-order chi connectivity index (χ0) is 16.0. The molecule has 2 N–H and O–H groups in total. The smallest absolute Gasteiger partial charge is 0.240 e. The highest BCUT2D eigenvalue weighted by Gasteiger charge is 2.30. The van der Waals surface area contributed by atoms with E-state index < -0.39 is 0 Å². The Kier molecular flexibility index (Phi) is 7.07. The van der Waals surface area contributed by atoms with E-state index in [-0.39, 0.29) is 30.5 Å². The average molecular weight is 300 g/mol. The van der Waals surface area contributed by atoms with Crippen LogP contribution in [0.4, 0.5) is 0 Å². The summed E-state index contributed by atoms with van der Waals surface area (Å²) in [6.07, 6.45) is 0.710. The molecule has 0 aromatic carbocycles. The van der Waals surface area contributed by atoms with Crippen LogP contribution in [0.1, 0.15) is 13.3 Å². The van der Waals surface area contributed by atoms with Crippen molar-refractivity contribution in [3.05, 3.63) is 0 Å². The fourth-order valence-corrected chi connectivity index (χ4v) is 2.68. The Morgan fingerprint density at radius 3 is 2.57 bits per heavy atom. The summed E-state index contributed by atoms with van der Waals surface area (Å²) in [6.45, 7) is 4.52. The van der Waals surface area contributed by atoms with Crippen LogP contribution in [0.2, 0.25) is 0 Å². The quantitative estimate of drug-likeness (QED) is 0.650. The predicted molar refractivity (Wildman–Crippen MR) is 80.8 cm³/mol. The van der Waals surface area contributed by atoms with E-state index >= 15 is 0 Å². The molecule has 0 aromatic rings. The molecular formula is C14H28N4O3. The van der Waals surface area contributed by atoms with E-state index in [2.05, 4.69) is 0 Å². The minimum Gasteiger partial charge on any atom is -0.373 e. The van der Waals surface area contributed by atoms with Crippen molar-refractivity contribution in [3.63, 3.8) is 0 Å². The van der Waals surface area contributed by atoms with E-state index in [1.54, 1.807) is 0 Å². The van der Waals surface area contributed by atoms with E-state index in [4.69, 9.17) is 10.5 Å². The minimum atomic E-state index is -0.361. The summed E-state index contributed by atoms with van der Waals surface area (Å²) in [6, 6.07) is -0.0906. The Labute approximate surface area is 127 Å². The number of primary amides is 1. The van der Waals surface area contributed by atoms with Gasteiger partial charge in [-0.25, -0.2) is 0 Å². The third-order valence-corrected chi connectivity index (χ3v) is 3.69. The first-order chi connectivity index (χ1) is 9.85. The highest BCUT2D eigenvalue weighted by molar-refractivity contribution is 5.82. The summed E-state index contributed by atoms with van der Waals surface area (Å²) < 4.78 is 5.68. The molecule has 1 aliphatic rings. The third-order valence-electron chi connectivity index (χ3n) is 3.69. The van der Waals surface area contributed by atoms with Gasteiger partial charge in [0, 0.05) is 19.6 Å². The zero-order valence-corrected chi connectivity index (χ0v) is 13.5. The molecule has 2 amide bonds. The fraction of sp³-hybridized carbons (Fsp3) is 0.857. The van der Waals surface area contributed by atoms with Crippen molar-refractivity contribution in [2.24, 2.45) is 5.73 Å². The molecule has 0 radical (unpaired) electrons. The van der Waals surface area contributed by atoms with Crippen LogP contribution in [0.25, 0.3) is 0 Å². The molecule has 1 saturated heterocycles. The molecule has 122 valence electrons. The van der Waals surface area contributed by atoms with E-state index in [9.17, 15) is 9.59 Å². The van der Waals surface area contributed by atoms with Gasteiger partial charge < -0.3 is 15.4 Å². The number of nitrogens with two attached hydrogens (primary N) is 1. The molecule has 0 saturated carbocycles. The van der Waals surface area contributed by atoms with Gasteiger partial charge >= 0.3 is 0 Å². The standard InChI is InChI=1S/C14H28N4O3/c1-5-12(16(2)3)14(20)18-6-7-21-11(9-18)8-17(4)10-13(15)19/h11-12H,5-10H2,1-4H3,(H2,15,19)/t11-,12+/m0/s1. The third kappa shape index (κ3) is 5.61. The van der Waals surface area contributed by atoms with Crippen LogP contribution in [0.15, 0.2) is 0 Å². The molecule has 0 spiro atoms. The van der Waals surface area contributed by atoms with E-state index in [1.807, 2.05) is 42.8 Å². The molecule has 1 rings (SSSR count). The number of amides is 2. The number of likely N-dealkylation sites (N-methyl/N-ethyl adjacent to an activating group) is 2. The first-order valence-electron chi connectivity index (χ1n) is 7.38. The molecule has 0 unspecified atom stereocenters. The number of carbonyl (C=O) groups excluding carboxylic acids is 2. The van der Waals surface area contributed by atoms with Crippen molar-refractivity contribution in [1.82, 2.24) is 14.7 Å². The van der Waals surface area contributed by atoms with E-state index in [0.717, 1.165) is 6.42 Å². The molecular weight excluding hydrogens is 272 g/mol. The summed E-state index contributed by atoms with van der Waals surface area (Å²) in [7, 11) is 5.67. The monoisotopic (exact) mass is 300 g/mol. The molecule has 1 aliphatic heterocycles. The maximum atomic E-state index is 12.5. The summed E-state index contributed by atoms with van der Waals surface area (Å²) in [5.74, 6) is -0.215. The van der Waals surface area contributed by atoms with Crippen molar-refractivity contribution in [1.29, 1.82) is 0 Å². The zero-order valence-electron chi connectivity index (χ0n) is 13.5. The Morgan fingerprint density at radius 2 is 2.05 bits per heavy atom. The number of hydrogen-bond acceptors (Lipinski definition) is 5. The van der Waals surface area contributed by atoms with Gasteiger partial charge in [0.05, 0.1) is 25.3 Å². The van der Waals surface area contributed by atoms with Gasteiger partial charge in [-0.2, -0.15) is 0 Å². The van der Waals surface area contributed by atoms with Crippen LogP contribution in [0.3, 0.4) is 0 Å². The highest BCUT2D eigenvalue weighted by atomic mass is 16.5.